The van der Waals surface area contributed by atoms with Gasteiger partial charge in [-0.2, -0.15) is 0 Å². The van der Waals surface area contributed by atoms with E-state index in [1.165, 1.54) is 0 Å². The van der Waals surface area contributed by atoms with E-state index < -0.39 is 0 Å². The molecule has 1 rings (SSSR count). The van der Waals surface area contributed by atoms with Gasteiger partial charge in [-0.1, -0.05) is 15.9 Å². The third-order valence-electron chi connectivity index (χ3n) is 2.99. The molecule has 1 amide bonds. The van der Waals surface area contributed by atoms with E-state index in [-0.39, 0.29) is 42.9 Å². The van der Waals surface area contributed by atoms with Crippen molar-refractivity contribution in [3.05, 3.63) is 28.2 Å². The van der Waals surface area contributed by atoms with Crippen molar-refractivity contribution in [3.63, 3.8) is 0 Å². The average molecular weight is 459 g/mol. The molecule has 0 aliphatic heterocycles. The quantitative estimate of drug-likeness (QED) is 0.497. The number of nitrogens with one attached hydrogen (secondary N) is 3. The van der Waals surface area contributed by atoms with Gasteiger partial charge in [0.25, 0.3) is 5.91 Å². The molecule has 8 heteroatoms. The van der Waals surface area contributed by atoms with Crippen molar-refractivity contribution in [2.45, 2.75) is 39.3 Å². The molecule has 0 aliphatic rings. The lowest BCUT2D eigenvalue weighted by molar-refractivity contribution is -0.124. The lowest BCUT2D eigenvalue weighted by Gasteiger charge is -2.21. The molecular formula is C17H30BrCl2N3O2. The zero-order valence-corrected chi connectivity index (χ0v) is 18.5. The number of rotatable bonds is 9. The molecule has 1 aromatic carbocycles. The highest BCUT2D eigenvalue weighted by atomic mass is 79.9. The molecule has 0 aliphatic carbocycles. The number of hydrogen-bond acceptors (Lipinski definition) is 4. The topological polar surface area (TPSA) is 62.4 Å². The van der Waals surface area contributed by atoms with E-state index in [4.69, 9.17) is 4.74 Å². The van der Waals surface area contributed by atoms with Gasteiger partial charge < -0.3 is 20.7 Å². The Morgan fingerprint density at radius 1 is 1.20 bits per heavy atom. The number of benzene rings is 1. The SMILES string of the molecule is CNCCCNCc1cc(Br)ccc1OCC(=O)NC(C)(C)C.Cl.Cl. The first-order valence-electron chi connectivity index (χ1n) is 7.89. The summed E-state index contributed by atoms with van der Waals surface area (Å²) >= 11 is 3.48. The molecule has 25 heavy (non-hydrogen) atoms. The van der Waals surface area contributed by atoms with Crippen molar-refractivity contribution < 1.29 is 9.53 Å². The highest BCUT2D eigenvalue weighted by molar-refractivity contribution is 9.10. The van der Waals surface area contributed by atoms with Gasteiger partial charge in [-0.3, -0.25) is 4.79 Å². The van der Waals surface area contributed by atoms with Gasteiger partial charge in [0, 0.05) is 22.1 Å². The fraction of sp³-hybridized carbons (Fsp3) is 0.588. The first-order chi connectivity index (χ1) is 10.8. The van der Waals surface area contributed by atoms with Crippen LogP contribution >= 0.6 is 40.7 Å². The third kappa shape index (κ3) is 12.5. The van der Waals surface area contributed by atoms with E-state index in [0.717, 1.165) is 35.3 Å². The Kier molecular flexibility index (Phi) is 14.6. The number of ether oxygens (including phenoxy) is 1. The molecule has 0 unspecified atom stereocenters. The van der Waals surface area contributed by atoms with Crippen LogP contribution in [0.15, 0.2) is 22.7 Å². The average Bonchev–Trinajstić information content (AvgIpc) is 2.44. The van der Waals surface area contributed by atoms with Crippen LogP contribution in [-0.2, 0) is 11.3 Å². The van der Waals surface area contributed by atoms with Crippen molar-refractivity contribution in [3.8, 4) is 5.75 Å². The molecule has 0 saturated heterocycles. The minimum Gasteiger partial charge on any atom is -0.483 e. The van der Waals surface area contributed by atoms with Gasteiger partial charge in [0.15, 0.2) is 6.61 Å². The number of hydrogen-bond donors (Lipinski definition) is 3. The Labute approximate surface area is 172 Å². The van der Waals surface area contributed by atoms with Crippen molar-refractivity contribution in [2.24, 2.45) is 0 Å². The monoisotopic (exact) mass is 457 g/mol. The van der Waals surface area contributed by atoms with Crippen LogP contribution in [0.2, 0.25) is 0 Å². The van der Waals surface area contributed by atoms with Gasteiger partial charge in [-0.25, -0.2) is 0 Å². The molecule has 0 heterocycles. The number of halogens is 3. The molecule has 0 bridgehead atoms. The van der Waals surface area contributed by atoms with Crippen LogP contribution in [0.5, 0.6) is 5.75 Å². The van der Waals surface area contributed by atoms with Crippen molar-refractivity contribution in [1.82, 2.24) is 16.0 Å². The van der Waals surface area contributed by atoms with Crippen molar-refractivity contribution in [2.75, 3.05) is 26.7 Å². The molecular weight excluding hydrogens is 429 g/mol. The maximum atomic E-state index is 11.9. The molecule has 1 aromatic rings. The van der Waals surface area contributed by atoms with Crippen LogP contribution in [0.1, 0.15) is 32.8 Å². The van der Waals surface area contributed by atoms with E-state index >= 15 is 0 Å². The first-order valence-corrected chi connectivity index (χ1v) is 8.68. The van der Waals surface area contributed by atoms with Crippen LogP contribution < -0.4 is 20.7 Å². The Morgan fingerprint density at radius 2 is 1.88 bits per heavy atom. The Bertz CT molecular complexity index is 511. The Hall–Kier alpha value is -0.530. The highest BCUT2D eigenvalue weighted by Gasteiger charge is 2.14. The molecule has 0 spiro atoms. The van der Waals surface area contributed by atoms with E-state index in [1.807, 2.05) is 46.0 Å². The molecule has 5 nitrogen and oxygen atoms in total. The normalized spacial score (nSPS) is 10.4. The second-order valence-corrected chi connectivity index (χ2v) is 7.39. The molecule has 0 atom stereocenters. The van der Waals surface area contributed by atoms with E-state index in [9.17, 15) is 4.79 Å². The zero-order chi connectivity index (χ0) is 17.3. The number of amides is 1. The minimum atomic E-state index is -0.252. The van der Waals surface area contributed by atoms with E-state index in [1.54, 1.807) is 0 Å². The second-order valence-electron chi connectivity index (χ2n) is 6.47. The summed E-state index contributed by atoms with van der Waals surface area (Å²) in [6.45, 7) is 8.49. The van der Waals surface area contributed by atoms with Gasteiger partial charge in [0.2, 0.25) is 0 Å². The summed E-state index contributed by atoms with van der Waals surface area (Å²) in [7, 11) is 1.95. The Balaban J connectivity index is 0. The molecule has 3 N–H and O–H groups in total. The summed E-state index contributed by atoms with van der Waals surface area (Å²) < 4.78 is 6.69. The highest BCUT2D eigenvalue weighted by Crippen LogP contribution is 2.23. The summed E-state index contributed by atoms with van der Waals surface area (Å²) in [6.07, 6.45) is 1.06. The summed E-state index contributed by atoms with van der Waals surface area (Å²) in [6, 6.07) is 5.82. The maximum Gasteiger partial charge on any atom is 0.258 e. The minimum absolute atomic E-state index is 0. The van der Waals surface area contributed by atoms with Gasteiger partial charge >= 0.3 is 0 Å². The Morgan fingerprint density at radius 3 is 2.48 bits per heavy atom. The summed E-state index contributed by atoms with van der Waals surface area (Å²) in [5.41, 5.74) is 0.782. The van der Waals surface area contributed by atoms with Crippen LogP contribution in [0, 0.1) is 0 Å². The first kappa shape index (κ1) is 26.7. The predicted molar refractivity (Wildman–Crippen MR) is 112 cm³/mol. The standard InChI is InChI=1S/C17H28BrN3O2.2ClH/c1-17(2,3)21-16(22)12-23-15-7-6-14(18)10-13(15)11-20-9-5-8-19-4;;/h6-7,10,19-20H,5,8-9,11-12H2,1-4H3,(H,21,22);2*1H. The molecule has 0 fully saturated rings. The van der Waals surface area contributed by atoms with Crippen LogP contribution in [-0.4, -0.2) is 38.2 Å². The van der Waals surface area contributed by atoms with Crippen molar-refractivity contribution >= 4 is 46.7 Å². The largest absolute Gasteiger partial charge is 0.483 e. The smallest absolute Gasteiger partial charge is 0.258 e. The van der Waals surface area contributed by atoms with Gasteiger partial charge in [-0.05, 0) is 65.5 Å². The van der Waals surface area contributed by atoms with Gasteiger partial charge in [0.1, 0.15) is 5.75 Å². The molecule has 0 radical (unpaired) electrons. The molecule has 146 valence electrons. The second kappa shape index (κ2) is 13.6. The zero-order valence-electron chi connectivity index (χ0n) is 15.3. The third-order valence-corrected chi connectivity index (χ3v) is 3.48. The predicted octanol–water partition coefficient (Wildman–Crippen LogP) is 3.29. The fourth-order valence-electron chi connectivity index (χ4n) is 2.04. The number of carbonyl (C=O) groups is 1. The lowest BCUT2D eigenvalue weighted by Crippen LogP contribution is -2.43. The summed E-state index contributed by atoms with van der Waals surface area (Å²) in [5, 5.41) is 9.40. The summed E-state index contributed by atoms with van der Waals surface area (Å²) in [4.78, 5) is 11.9. The summed E-state index contributed by atoms with van der Waals surface area (Å²) in [5.74, 6) is 0.617. The van der Waals surface area contributed by atoms with Gasteiger partial charge in [-0.15, -0.1) is 24.8 Å². The van der Waals surface area contributed by atoms with Crippen LogP contribution in [0.25, 0.3) is 0 Å². The van der Waals surface area contributed by atoms with Crippen LogP contribution in [0.3, 0.4) is 0 Å². The lowest BCUT2D eigenvalue weighted by atomic mass is 10.1. The molecule has 0 saturated carbocycles. The molecule has 0 aromatic heterocycles. The van der Waals surface area contributed by atoms with Crippen LogP contribution in [0.4, 0.5) is 0 Å². The fourth-order valence-corrected chi connectivity index (χ4v) is 2.45. The van der Waals surface area contributed by atoms with Crippen molar-refractivity contribution in [1.29, 1.82) is 0 Å². The maximum absolute atomic E-state index is 11.9. The van der Waals surface area contributed by atoms with E-state index in [2.05, 4.69) is 31.9 Å². The van der Waals surface area contributed by atoms with E-state index in [0.29, 0.717) is 6.54 Å². The van der Waals surface area contributed by atoms with Gasteiger partial charge in [0.05, 0.1) is 0 Å². The number of carbonyl (C=O) groups excluding carboxylic acids is 1.